The van der Waals surface area contributed by atoms with E-state index in [0.29, 0.717) is 5.75 Å². The second-order valence-corrected chi connectivity index (χ2v) is 3.48. The average molecular weight is 259 g/mol. The first-order valence-electron chi connectivity index (χ1n) is 5.56. The minimum Gasteiger partial charge on any atom is -1.00 e. The number of ether oxygens (including phenoxy) is 1. The molecule has 5 heteroatoms. The lowest BCUT2D eigenvalue weighted by Gasteiger charge is -2.15. The van der Waals surface area contributed by atoms with Crippen LogP contribution in [0.4, 0.5) is 10.5 Å². The van der Waals surface area contributed by atoms with E-state index >= 15 is 0 Å². The molecular weight excluding hydrogens is 240 g/mol. The summed E-state index contributed by atoms with van der Waals surface area (Å²) in [5.41, 5.74) is 1.14. The molecule has 0 spiro atoms. The van der Waals surface area contributed by atoms with Crippen LogP contribution in [0.1, 0.15) is 13.8 Å². The Morgan fingerprint density at radius 1 is 1.35 bits per heavy atom. The molecule has 17 heavy (non-hydrogen) atoms. The van der Waals surface area contributed by atoms with Gasteiger partial charge in [0.25, 0.3) is 0 Å². The molecule has 1 aromatic rings. The Labute approximate surface area is 108 Å². The topological polar surface area (TPSA) is 42.8 Å². The van der Waals surface area contributed by atoms with Crippen LogP contribution in [0, 0.1) is 0 Å². The second-order valence-electron chi connectivity index (χ2n) is 3.48. The molecular formula is C12H19ClN2O2. The Kier molecular flexibility index (Phi) is 7.34. The summed E-state index contributed by atoms with van der Waals surface area (Å²) < 4.78 is 5.08. The zero-order valence-electron chi connectivity index (χ0n) is 10.4. The maximum atomic E-state index is 11.1. The van der Waals surface area contributed by atoms with E-state index < -0.39 is 6.09 Å². The van der Waals surface area contributed by atoms with Gasteiger partial charge >= 0.3 is 6.09 Å². The Hall–Kier alpha value is -1.26. The molecule has 0 aromatic heterocycles. The molecule has 0 aliphatic heterocycles. The zero-order chi connectivity index (χ0) is 12.0. The summed E-state index contributed by atoms with van der Waals surface area (Å²) in [6.07, 6.45) is -0.438. The lowest BCUT2D eigenvalue weighted by atomic mass is 10.2. The van der Waals surface area contributed by atoms with E-state index in [0.717, 1.165) is 18.8 Å². The van der Waals surface area contributed by atoms with Crippen LogP contribution in [0.15, 0.2) is 24.3 Å². The highest BCUT2D eigenvalue weighted by Gasteiger charge is 2.09. The SMILES string of the molecule is CC[NH+](CC)c1cccc(OC(=O)NC)c1.[Cl-]. The number of carbonyl (C=O) groups excluding carboxylic acids is 1. The zero-order valence-corrected chi connectivity index (χ0v) is 11.2. The Morgan fingerprint density at radius 2 is 2.00 bits per heavy atom. The van der Waals surface area contributed by atoms with Crippen LogP contribution in [0.3, 0.4) is 0 Å². The van der Waals surface area contributed by atoms with Gasteiger partial charge in [0.15, 0.2) is 0 Å². The quantitative estimate of drug-likeness (QED) is 0.654. The molecule has 2 N–H and O–H groups in total. The largest absolute Gasteiger partial charge is 1.00 e. The van der Waals surface area contributed by atoms with E-state index in [2.05, 4.69) is 19.2 Å². The number of nitrogens with one attached hydrogen (secondary N) is 2. The van der Waals surface area contributed by atoms with Crippen molar-refractivity contribution in [3.8, 4) is 5.75 Å². The molecule has 0 saturated carbocycles. The highest BCUT2D eigenvalue weighted by molar-refractivity contribution is 5.70. The molecule has 1 rings (SSSR count). The lowest BCUT2D eigenvalue weighted by molar-refractivity contribution is -0.828. The molecule has 0 bridgehead atoms. The molecule has 1 amide bonds. The number of benzene rings is 1. The number of carbonyl (C=O) groups is 1. The molecule has 0 heterocycles. The molecule has 96 valence electrons. The van der Waals surface area contributed by atoms with Crippen molar-refractivity contribution in [2.45, 2.75) is 13.8 Å². The molecule has 1 aromatic carbocycles. The maximum absolute atomic E-state index is 11.1. The summed E-state index contributed by atoms with van der Waals surface area (Å²) in [4.78, 5) is 12.4. The third kappa shape index (κ3) is 4.63. The monoisotopic (exact) mass is 258 g/mol. The van der Waals surface area contributed by atoms with Crippen molar-refractivity contribution in [1.82, 2.24) is 5.32 Å². The van der Waals surface area contributed by atoms with Crippen LogP contribution in [0.2, 0.25) is 0 Å². The molecule has 0 saturated heterocycles. The summed E-state index contributed by atoms with van der Waals surface area (Å²) in [6.45, 7) is 6.29. The summed E-state index contributed by atoms with van der Waals surface area (Å²) in [5.74, 6) is 0.580. The fourth-order valence-electron chi connectivity index (χ4n) is 1.60. The number of rotatable bonds is 4. The molecule has 0 fully saturated rings. The minimum absolute atomic E-state index is 0. The predicted molar refractivity (Wildman–Crippen MR) is 63.2 cm³/mol. The number of hydrogen-bond donors (Lipinski definition) is 2. The first kappa shape index (κ1) is 15.7. The molecule has 0 atom stereocenters. The maximum Gasteiger partial charge on any atom is 0.412 e. The number of hydrogen-bond acceptors (Lipinski definition) is 2. The molecule has 0 aliphatic carbocycles. The first-order chi connectivity index (χ1) is 7.71. The number of quaternary nitrogens is 1. The first-order valence-corrected chi connectivity index (χ1v) is 5.56. The van der Waals surface area contributed by atoms with Gasteiger partial charge in [0, 0.05) is 13.1 Å². The van der Waals surface area contributed by atoms with Gasteiger partial charge in [0.05, 0.1) is 13.1 Å². The van der Waals surface area contributed by atoms with Crippen LogP contribution in [0.25, 0.3) is 0 Å². The lowest BCUT2D eigenvalue weighted by Crippen LogP contribution is -3.06. The van der Waals surface area contributed by atoms with Crippen molar-refractivity contribution in [3.63, 3.8) is 0 Å². The fourth-order valence-corrected chi connectivity index (χ4v) is 1.60. The van der Waals surface area contributed by atoms with Gasteiger partial charge < -0.3 is 27.4 Å². The Morgan fingerprint density at radius 3 is 2.53 bits per heavy atom. The van der Waals surface area contributed by atoms with Gasteiger partial charge in [0.1, 0.15) is 11.4 Å². The van der Waals surface area contributed by atoms with Crippen LogP contribution in [0.5, 0.6) is 5.75 Å². The summed E-state index contributed by atoms with van der Waals surface area (Å²) in [6, 6.07) is 7.62. The van der Waals surface area contributed by atoms with E-state index in [1.807, 2.05) is 18.2 Å². The highest BCUT2D eigenvalue weighted by atomic mass is 35.5. The highest BCUT2D eigenvalue weighted by Crippen LogP contribution is 2.14. The van der Waals surface area contributed by atoms with Crippen molar-refractivity contribution in [1.29, 1.82) is 0 Å². The smallest absolute Gasteiger partial charge is 0.412 e. The number of halogens is 1. The van der Waals surface area contributed by atoms with E-state index in [1.54, 1.807) is 13.1 Å². The molecule has 4 nitrogen and oxygen atoms in total. The van der Waals surface area contributed by atoms with Crippen molar-refractivity contribution in [3.05, 3.63) is 24.3 Å². The van der Waals surface area contributed by atoms with E-state index in [9.17, 15) is 4.79 Å². The fraction of sp³-hybridized carbons (Fsp3) is 0.417. The van der Waals surface area contributed by atoms with Crippen LogP contribution >= 0.6 is 0 Å². The van der Waals surface area contributed by atoms with Crippen molar-refractivity contribution < 1.29 is 26.8 Å². The van der Waals surface area contributed by atoms with Gasteiger partial charge in [-0.05, 0) is 26.0 Å². The molecule has 0 aliphatic rings. The van der Waals surface area contributed by atoms with Crippen LogP contribution in [-0.2, 0) is 0 Å². The van der Waals surface area contributed by atoms with Crippen molar-refractivity contribution in [2.24, 2.45) is 0 Å². The Balaban J connectivity index is 0.00000256. The van der Waals surface area contributed by atoms with Crippen LogP contribution < -0.4 is 27.4 Å². The normalized spacial score (nSPS) is 9.65. The summed E-state index contributed by atoms with van der Waals surface area (Å²) in [5, 5.41) is 2.42. The number of amides is 1. The summed E-state index contributed by atoms with van der Waals surface area (Å²) >= 11 is 0. The van der Waals surface area contributed by atoms with E-state index in [4.69, 9.17) is 4.74 Å². The van der Waals surface area contributed by atoms with Gasteiger partial charge in [0.2, 0.25) is 0 Å². The third-order valence-corrected chi connectivity index (χ3v) is 2.51. The second kappa shape index (κ2) is 7.92. The van der Waals surface area contributed by atoms with Gasteiger partial charge in [-0.25, -0.2) is 4.79 Å². The van der Waals surface area contributed by atoms with E-state index in [1.165, 1.54) is 4.90 Å². The van der Waals surface area contributed by atoms with Gasteiger partial charge in [-0.1, -0.05) is 6.07 Å². The molecule has 0 unspecified atom stereocenters. The standard InChI is InChI=1S/C12H18N2O2.ClH/c1-4-14(5-2)10-7-6-8-11(9-10)16-12(15)13-3;/h6-9H,4-5H2,1-3H3,(H,13,15);1H. The minimum atomic E-state index is -0.438. The van der Waals surface area contributed by atoms with Crippen LogP contribution in [-0.4, -0.2) is 26.2 Å². The van der Waals surface area contributed by atoms with E-state index in [-0.39, 0.29) is 12.4 Å². The Bertz CT molecular complexity index is 354. The van der Waals surface area contributed by atoms with Gasteiger partial charge in [-0.2, -0.15) is 0 Å². The average Bonchev–Trinajstić information content (AvgIpc) is 2.31. The van der Waals surface area contributed by atoms with Gasteiger partial charge in [-0.15, -0.1) is 0 Å². The predicted octanol–water partition coefficient (Wildman–Crippen LogP) is -2.03. The van der Waals surface area contributed by atoms with Gasteiger partial charge in [-0.3, -0.25) is 0 Å². The van der Waals surface area contributed by atoms with Crippen molar-refractivity contribution in [2.75, 3.05) is 20.1 Å². The summed E-state index contributed by atoms with van der Waals surface area (Å²) in [7, 11) is 1.54. The molecule has 0 radical (unpaired) electrons. The third-order valence-electron chi connectivity index (χ3n) is 2.51. The van der Waals surface area contributed by atoms with Crippen molar-refractivity contribution >= 4 is 11.8 Å².